The van der Waals surface area contributed by atoms with Gasteiger partial charge in [0.15, 0.2) is 0 Å². The van der Waals surface area contributed by atoms with Gasteiger partial charge in [-0.25, -0.2) is 4.90 Å². The zero-order valence-electron chi connectivity index (χ0n) is 13.7. The monoisotopic (exact) mass is 347 g/mol. The summed E-state index contributed by atoms with van der Waals surface area (Å²) < 4.78 is 38.8. The van der Waals surface area contributed by atoms with Crippen molar-refractivity contribution in [1.29, 1.82) is 0 Å². The predicted octanol–water partition coefficient (Wildman–Crippen LogP) is 3.96. The van der Waals surface area contributed by atoms with E-state index in [2.05, 4.69) is 0 Å². The van der Waals surface area contributed by atoms with Crippen LogP contribution >= 0.6 is 0 Å². The smallest absolute Gasteiger partial charge is 0.274 e. The third-order valence-corrected chi connectivity index (χ3v) is 5.42. The molecule has 2 bridgehead atoms. The summed E-state index contributed by atoms with van der Waals surface area (Å²) in [6, 6.07) is 4.40. The molecule has 1 saturated carbocycles. The summed E-state index contributed by atoms with van der Waals surface area (Å²) in [7, 11) is 0. The van der Waals surface area contributed by atoms with E-state index in [-0.39, 0.29) is 17.5 Å². The molecule has 0 radical (unpaired) electrons. The molecule has 1 heterocycles. The van der Waals surface area contributed by atoms with E-state index >= 15 is 0 Å². The van der Waals surface area contributed by atoms with Gasteiger partial charge in [0.25, 0.3) is 0 Å². The van der Waals surface area contributed by atoms with Crippen molar-refractivity contribution in [1.82, 2.24) is 0 Å². The van der Waals surface area contributed by atoms with E-state index in [1.165, 1.54) is 12.1 Å². The highest BCUT2D eigenvalue weighted by Crippen LogP contribution is 2.57. The molecular formula is C19H16F3NO2. The number of amides is 2. The minimum atomic E-state index is -4.52. The number of allylic oxidation sites excluding steroid dienone is 4. The number of carbonyl (C=O) groups is 2. The van der Waals surface area contributed by atoms with E-state index in [1.807, 2.05) is 26.0 Å². The number of alkyl halides is 3. The largest absolute Gasteiger partial charge is 0.416 e. The maximum atomic E-state index is 12.9. The van der Waals surface area contributed by atoms with Crippen LogP contribution < -0.4 is 4.90 Å². The molecule has 1 aromatic carbocycles. The number of benzene rings is 1. The summed E-state index contributed by atoms with van der Waals surface area (Å²) in [4.78, 5) is 26.7. The number of imide groups is 1. The van der Waals surface area contributed by atoms with Crippen LogP contribution in [0.3, 0.4) is 0 Å². The summed E-state index contributed by atoms with van der Waals surface area (Å²) in [6.45, 7) is 3.92. The molecule has 0 spiro atoms. The molecule has 130 valence electrons. The SMILES string of the molecule is CC(C)=C1[C@H]2C=C[C@H]1[C@H]1C(=O)N(c3cccc(C(F)(F)F)c3)C(=O)[C@@H]12. The van der Waals surface area contributed by atoms with Gasteiger partial charge in [0.05, 0.1) is 23.1 Å². The molecule has 1 saturated heterocycles. The van der Waals surface area contributed by atoms with Crippen molar-refractivity contribution in [2.45, 2.75) is 20.0 Å². The second-order valence-corrected chi connectivity index (χ2v) is 7.00. The van der Waals surface area contributed by atoms with Crippen LogP contribution in [-0.4, -0.2) is 11.8 Å². The third kappa shape index (κ3) is 2.12. The number of hydrogen-bond acceptors (Lipinski definition) is 2. The highest BCUT2D eigenvalue weighted by Gasteiger charge is 2.62. The zero-order valence-corrected chi connectivity index (χ0v) is 13.7. The predicted molar refractivity (Wildman–Crippen MR) is 85.4 cm³/mol. The summed E-state index contributed by atoms with van der Waals surface area (Å²) in [5, 5.41) is 0. The van der Waals surface area contributed by atoms with E-state index in [0.717, 1.165) is 28.2 Å². The Bertz CT molecular complexity index is 814. The Hall–Kier alpha value is -2.37. The first kappa shape index (κ1) is 16.1. The molecule has 2 aliphatic carbocycles. The average molecular weight is 347 g/mol. The Morgan fingerprint density at radius 3 is 2.04 bits per heavy atom. The van der Waals surface area contributed by atoms with Gasteiger partial charge in [0, 0.05) is 11.8 Å². The summed E-state index contributed by atoms with van der Waals surface area (Å²) in [5.74, 6) is -2.03. The van der Waals surface area contributed by atoms with Crippen LogP contribution in [0.25, 0.3) is 0 Å². The Balaban J connectivity index is 1.74. The van der Waals surface area contributed by atoms with Crippen LogP contribution in [0.4, 0.5) is 18.9 Å². The second kappa shape index (κ2) is 5.07. The molecule has 0 unspecified atom stereocenters. The van der Waals surface area contributed by atoms with Crippen molar-refractivity contribution >= 4 is 17.5 Å². The van der Waals surface area contributed by atoms with Crippen molar-refractivity contribution < 1.29 is 22.8 Å². The fourth-order valence-corrected chi connectivity index (χ4v) is 4.51. The molecule has 4 atom stereocenters. The lowest BCUT2D eigenvalue weighted by atomic mass is 9.85. The van der Waals surface area contributed by atoms with Crippen molar-refractivity contribution in [3.63, 3.8) is 0 Å². The molecule has 0 N–H and O–H groups in total. The maximum absolute atomic E-state index is 12.9. The van der Waals surface area contributed by atoms with Crippen LogP contribution in [0.1, 0.15) is 19.4 Å². The average Bonchev–Trinajstić information content (AvgIpc) is 3.17. The van der Waals surface area contributed by atoms with E-state index in [1.54, 1.807) is 0 Å². The number of anilines is 1. The Morgan fingerprint density at radius 2 is 1.56 bits per heavy atom. The van der Waals surface area contributed by atoms with E-state index < -0.39 is 35.4 Å². The third-order valence-electron chi connectivity index (χ3n) is 5.42. The standard InChI is InChI=1S/C19H16F3NO2/c1-9(2)14-12-6-7-13(14)16-15(12)17(24)23(18(16)25)11-5-3-4-10(8-11)19(20,21)22/h3-8,12-13,15-16H,1-2H3/t12-,13-,15-,16-/m1/s1. The molecule has 3 nitrogen and oxygen atoms in total. The topological polar surface area (TPSA) is 37.4 Å². The number of hydrogen-bond donors (Lipinski definition) is 0. The molecule has 6 heteroatoms. The van der Waals surface area contributed by atoms with E-state index in [9.17, 15) is 22.8 Å². The van der Waals surface area contributed by atoms with Gasteiger partial charge >= 0.3 is 6.18 Å². The second-order valence-electron chi connectivity index (χ2n) is 7.00. The minimum absolute atomic E-state index is 0.00243. The lowest BCUT2D eigenvalue weighted by Crippen LogP contribution is -2.33. The van der Waals surface area contributed by atoms with Gasteiger partial charge in [-0.05, 0) is 32.0 Å². The van der Waals surface area contributed by atoms with E-state index in [0.29, 0.717) is 0 Å². The summed E-state index contributed by atoms with van der Waals surface area (Å²) >= 11 is 0. The number of rotatable bonds is 1. The molecule has 3 aliphatic rings. The number of fused-ring (bicyclic) bond motifs is 5. The first-order valence-corrected chi connectivity index (χ1v) is 8.12. The van der Waals surface area contributed by atoms with Crippen LogP contribution in [0, 0.1) is 23.7 Å². The number of nitrogens with zero attached hydrogens (tertiary/aromatic N) is 1. The molecule has 1 aromatic rings. The van der Waals surface area contributed by atoms with Crippen molar-refractivity contribution in [3.05, 3.63) is 53.1 Å². The van der Waals surface area contributed by atoms with Gasteiger partial charge in [-0.15, -0.1) is 0 Å². The van der Waals surface area contributed by atoms with Crippen LogP contribution in [0.2, 0.25) is 0 Å². The molecule has 0 aromatic heterocycles. The Kier molecular flexibility index (Phi) is 3.27. The van der Waals surface area contributed by atoms with Gasteiger partial charge in [-0.3, -0.25) is 9.59 Å². The maximum Gasteiger partial charge on any atom is 0.416 e. The van der Waals surface area contributed by atoms with Crippen LogP contribution in [-0.2, 0) is 15.8 Å². The highest BCUT2D eigenvalue weighted by atomic mass is 19.4. The summed E-state index contributed by atoms with van der Waals surface area (Å²) in [6.07, 6.45) is -0.614. The lowest BCUT2D eigenvalue weighted by molar-refractivity contribution is -0.137. The molecule has 2 fully saturated rings. The van der Waals surface area contributed by atoms with Crippen molar-refractivity contribution in [2.75, 3.05) is 4.90 Å². The normalized spacial score (nSPS) is 30.4. The van der Waals surface area contributed by atoms with Gasteiger partial charge in [-0.1, -0.05) is 29.4 Å². The van der Waals surface area contributed by atoms with Crippen LogP contribution in [0.15, 0.2) is 47.6 Å². The molecule has 1 aliphatic heterocycles. The number of halogens is 3. The van der Waals surface area contributed by atoms with Gasteiger partial charge in [-0.2, -0.15) is 13.2 Å². The van der Waals surface area contributed by atoms with Gasteiger partial charge in [0.1, 0.15) is 0 Å². The fourth-order valence-electron chi connectivity index (χ4n) is 4.51. The first-order chi connectivity index (χ1) is 11.7. The highest BCUT2D eigenvalue weighted by molar-refractivity contribution is 6.23. The molecule has 4 rings (SSSR count). The number of carbonyl (C=O) groups excluding carboxylic acids is 2. The van der Waals surface area contributed by atoms with Crippen molar-refractivity contribution in [2.24, 2.45) is 23.7 Å². The van der Waals surface area contributed by atoms with Crippen LogP contribution in [0.5, 0.6) is 0 Å². The molecular weight excluding hydrogens is 331 g/mol. The zero-order chi connectivity index (χ0) is 18.1. The molecule has 2 amide bonds. The van der Waals surface area contributed by atoms with Gasteiger partial charge < -0.3 is 0 Å². The quantitative estimate of drug-likeness (QED) is 0.570. The Labute approximate surface area is 142 Å². The van der Waals surface area contributed by atoms with Gasteiger partial charge in [0.2, 0.25) is 11.8 Å². The first-order valence-electron chi connectivity index (χ1n) is 8.12. The minimum Gasteiger partial charge on any atom is -0.274 e. The Morgan fingerprint density at radius 1 is 1.00 bits per heavy atom. The fraction of sp³-hybridized carbons (Fsp3) is 0.368. The lowest BCUT2D eigenvalue weighted by Gasteiger charge is -2.20. The van der Waals surface area contributed by atoms with Crippen molar-refractivity contribution in [3.8, 4) is 0 Å². The van der Waals surface area contributed by atoms with E-state index in [4.69, 9.17) is 0 Å². The molecule has 25 heavy (non-hydrogen) atoms. The summed E-state index contributed by atoms with van der Waals surface area (Å²) in [5.41, 5.74) is 1.34.